The Hall–Kier alpha value is -0.770. The van der Waals surface area contributed by atoms with Crippen LogP contribution in [0.5, 0.6) is 0 Å². The Morgan fingerprint density at radius 3 is 2.60 bits per heavy atom. The van der Waals surface area contributed by atoms with Gasteiger partial charge in [0.25, 0.3) is 0 Å². The molecular weight excluding hydrogens is 272 g/mol. The zero-order valence-electron chi connectivity index (χ0n) is 12.7. The summed E-state index contributed by atoms with van der Waals surface area (Å²) in [6.07, 6.45) is 1.67. The van der Waals surface area contributed by atoms with Crippen molar-refractivity contribution in [3.8, 4) is 0 Å². The first-order valence-electron chi connectivity index (χ1n) is 7.49. The van der Waals surface area contributed by atoms with E-state index < -0.39 is 0 Å². The van der Waals surface area contributed by atoms with E-state index >= 15 is 0 Å². The zero-order chi connectivity index (χ0) is 14.5. The molecule has 112 valence electrons. The van der Waals surface area contributed by atoms with Crippen LogP contribution < -0.4 is 10.2 Å². The minimum Gasteiger partial charge on any atom is -0.372 e. The summed E-state index contributed by atoms with van der Waals surface area (Å²) in [6, 6.07) is 6.37. The maximum Gasteiger partial charge on any atom is 0.0726 e. The lowest BCUT2D eigenvalue weighted by Crippen LogP contribution is -2.45. The number of hydrogen-bond acceptors (Lipinski definition) is 3. The number of nitrogens with zero attached hydrogens (tertiary/aromatic N) is 1. The summed E-state index contributed by atoms with van der Waals surface area (Å²) >= 11 is 6.40. The van der Waals surface area contributed by atoms with E-state index in [1.807, 2.05) is 0 Å². The Morgan fingerprint density at radius 2 is 2.00 bits per heavy atom. The van der Waals surface area contributed by atoms with Gasteiger partial charge in [-0.05, 0) is 44.5 Å². The van der Waals surface area contributed by atoms with E-state index in [2.05, 4.69) is 49.2 Å². The predicted octanol–water partition coefficient (Wildman–Crippen LogP) is 3.45. The molecule has 1 saturated heterocycles. The molecule has 2 unspecified atom stereocenters. The maximum absolute atomic E-state index is 6.40. The van der Waals surface area contributed by atoms with Crippen molar-refractivity contribution >= 4 is 17.3 Å². The second kappa shape index (κ2) is 7.30. The van der Waals surface area contributed by atoms with Crippen molar-refractivity contribution in [3.05, 3.63) is 28.8 Å². The summed E-state index contributed by atoms with van der Waals surface area (Å²) < 4.78 is 5.77. The molecule has 2 atom stereocenters. The number of anilines is 1. The minimum atomic E-state index is 0.267. The highest BCUT2D eigenvalue weighted by Gasteiger charge is 2.22. The van der Waals surface area contributed by atoms with Crippen molar-refractivity contribution in [1.82, 2.24) is 5.32 Å². The summed E-state index contributed by atoms with van der Waals surface area (Å²) in [6.45, 7) is 10.1. The summed E-state index contributed by atoms with van der Waals surface area (Å²) in [7, 11) is 0. The molecule has 0 bridgehead atoms. The average molecular weight is 297 g/mol. The normalized spacial score (nSPS) is 23.1. The van der Waals surface area contributed by atoms with E-state index in [-0.39, 0.29) is 12.2 Å². The number of nitrogens with one attached hydrogen (secondary N) is 1. The van der Waals surface area contributed by atoms with Crippen molar-refractivity contribution in [1.29, 1.82) is 0 Å². The Morgan fingerprint density at radius 1 is 1.30 bits per heavy atom. The molecule has 1 fully saturated rings. The van der Waals surface area contributed by atoms with Gasteiger partial charge in [-0.25, -0.2) is 0 Å². The van der Waals surface area contributed by atoms with Gasteiger partial charge in [-0.1, -0.05) is 24.6 Å². The van der Waals surface area contributed by atoms with E-state index in [0.717, 1.165) is 37.6 Å². The van der Waals surface area contributed by atoms with Gasteiger partial charge in [0, 0.05) is 30.3 Å². The molecule has 20 heavy (non-hydrogen) atoms. The van der Waals surface area contributed by atoms with Crippen molar-refractivity contribution < 1.29 is 4.74 Å². The third-order valence-corrected chi connectivity index (χ3v) is 3.92. The standard InChI is InChI=1S/C16H25ClN2O/c1-4-7-18-9-14-5-6-15(8-16(14)17)19-10-12(2)20-13(3)11-19/h5-6,8,12-13,18H,4,7,9-11H2,1-3H3. The fraction of sp³-hybridized carbons (Fsp3) is 0.625. The fourth-order valence-electron chi connectivity index (χ4n) is 2.66. The van der Waals surface area contributed by atoms with Crippen molar-refractivity contribution in [3.63, 3.8) is 0 Å². The number of halogens is 1. The van der Waals surface area contributed by atoms with Crippen LogP contribution in [0, 0.1) is 0 Å². The van der Waals surface area contributed by atoms with Gasteiger partial charge in [0.1, 0.15) is 0 Å². The molecule has 2 rings (SSSR count). The number of benzene rings is 1. The second-order valence-electron chi connectivity index (χ2n) is 5.61. The molecule has 1 aliphatic rings. The first-order valence-corrected chi connectivity index (χ1v) is 7.87. The molecule has 1 heterocycles. The lowest BCUT2D eigenvalue weighted by atomic mass is 10.1. The predicted molar refractivity (Wildman–Crippen MR) is 85.7 cm³/mol. The van der Waals surface area contributed by atoms with Crippen LogP contribution in [0.4, 0.5) is 5.69 Å². The van der Waals surface area contributed by atoms with Crippen molar-refractivity contribution in [2.45, 2.75) is 45.9 Å². The number of hydrogen-bond donors (Lipinski definition) is 1. The van der Waals surface area contributed by atoms with E-state index in [1.165, 1.54) is 11.3 Å². The molecule has 1 aliphatic heterocycles. The van der Waals surface area contributed by atoms with Crippen LogP contribution in [0.3, 0.4) is 0 Å². The van der Waals surface area contributed by atoms with Gasteiger partial charge >= 0.3 is 0 Å². The first-order chi connectivity index (χ1) is 9.60. The number of morpholine rings is 1. The summed E-state index contributed by atoms with van der Waals surface area (Å²) in [5.74, 6) is 0. The molecule has 1 aromatic carbocycles. The molecule has 0 aromatic heterocycles. The average Bonchev–Trinajstić information content (AvgIpc) is 2.39. The summed E-state index contributed by atoms with van der Waals surface area (Å²) in [5, 5.41) is 4.23. The topological polar surface area (TPSA) is 24.5 Å². The SMILES string of the molecule is CCCNCc1ccc(N2CC(C)OC(C)C2)cc1Cl. The quantitative estimate of drug-likeness (QED) is 0.842. The summed E-state index contributed by atoms with van der Waals surface area (Å²) in [4.78, 5) is 2.36. The molecular formula is C16H25ClN2O. The van der Waals surface area contributed by atoms with Crippen LogP contribution in [0.25, 0.3) is 0 Å². The molecule has 4 heteroatoms. The maximum atomic E-state index is 6.40. The Kier molecular flexibility index (Phi) is 5.70. The lowest BCUT2D eigenvalue weighted by molar-refractivity contribution is -0.00521. The Labute approximate surface area is 127 Å². The summed E-state index contributed by atoms with van der Waals surface area (Å²) in [5.41, 5.74) is 2.36. The molecule has 1 aromatic rings. The van der Waals surface area contributed by atoms with Crippen LogP contribution >= 0.6 is 11.6 Å². The molecule has 1 N–H and O–H groups in total. The highest BCUT2D eigenvalue weighted by Crippen LogP contribution is 2.26. The minimum absolute atomic E-state index is 0.267. The van der Waals surface area contributed by atoms with Gasteiger partial charge in [-0.3, -0.25) is 0 Å². The van der Waals surface area contributed by atoms with Crippen LogP contribution in [-0.2, 0) is 11.3 Å². The molecule has 0 saturated carbocycles. The molecule has 0 radical (unpaired) electrons. The van der Waals surface area contributed by atoms with Crippen LogP contribution in [0.1, 0.15) is 32.8 Å². The van der Waals surface area contributed by atoms with Crippen LogP contribution in [0.2, 0.25) is 5.02 Å². The van der Waals surface area contributed by atoms with Gasteiger partial charge in [0.2, 0.25) is 0 Å². The van der Waals surface area contributed by atoms with E-state index in [4.69, 9.17) is 16.3 Å². The Balaban J connectivity index is 2.04. The fourth-order valence-corrected chi connectivity index (χ4v) is 2.91. The van der Waals surface area contributed by atoms with Gasteiger partial charge < -0.3 is 15.0 Å². The van der Waals surface area contributed by atoms with E-state index in [1.54, 1.807) is 0 Å². The van der Waals surface area contributed by atoms with Gasteiger partial charge in [0.05, 0.1) is 12.2 Å². The molecule has 0 aliphatic carbocycles. The number of rotatable bonds is 5. The van der Waals surface area contributed by atoms with Gasteiger partial charge in [-0.2, -0.15) is 0 Å². The molecule has 0 spiro atoms. The smallest absolute Gasteiger partial charge is 0.0726 e. The largest absolute Gasteiger partial charge is 0.372 e. The highest BCUT2D eigenvalue weighted by molar-refractivity contribution is 6.31. The van der Waals surface area contributed by atoms with Gasteiger partial charge in [-0.15, -0.1) is 0 Å². The van der Waals surface area contributed by atoms with Crippen molar-refractivity contribution in [2.75, 3.05) is 24.5 Å². The van der Waals surface area contributed by atoms with Crippen LogP contribution in [-0.4, -0.2) is 31.8 Å². The monoisotopic (exact) mass is 296 g/mol. The van der Waals surface area contributed by atoms with E-state index in [9.17, 15) is 0 Å². The Bertz CT molecular complexity index is 428. The molecule has 0 amide bonds. The third kappa shape index (κ3) is 4.11. The first kappa shape index (κ1) is 15.6. The molecule has 3 nitrogen and oxygen atoms in total. The second-order valence-corrected chi connectivity index (χ2v) is 6.02. The van der Waals surface area contributed by atoms with Gasteiger partial charge in [0.15, 0.2) is 0 Å². The van der Waals surface area contributed by atoms with Crippen molar-refractivity contribution in [2.24, 2.45) is 0 Å². The highest BCUT2D eigenvalue weighted by atomic mass is 35.5. The van der Waals surface area contributed by atoms with E-state index in [0.29, 0.717) is 0 Å². The lowest BCUT2D eigenvalue weighted by Gasteiger charge is -2.37. The number of ether oxygens (including phenoxy) is 1. The third-order valence-electron chi connectivity index (χ3n) is 3.56. The zero-order valence-corrected chi connectivity index (χ0v) is 13.4. The van der Waals surface area contributed by atoms with Crippen LogP contribution in [0.15, 0.2) is 18.2 Å².